The van der Waals surface area contributed by atoms with E-state index in [0.717, 1.165) is 15.8 Å². The third-order valence-corrected chi connectivity index (χ3v) is 9.77. The largest absolute Gasteiger partial charge is 0.469 e. The van der Waals surface area contributed by atoms with Crippen molar-refractivity contribution >= 4 is 62.4 Å². The summed E-state index contributed by atoms with van der Waals surface area (Å²) in [4.78, 5) is 56.7. The lowest BCUT2D eigenvalue weighted by Crippen LogP contribution is -2.43. The molecular weight excluding hydrogens is 570 g/mol. The minimum atomic E-state index is -0.748. The fraction of sp³-hybridized carbons (Fsp3) is 0.333. The second-order valence-electron chi connectivity index (χ2n) is 8.66. The highest BCUT2D eigenvalue weighted by Gasteiger charge is 2.57. The first-order valence-corrected chi connectivity index (χ1v) is 13.9. The van der Waals surface area contributed by atoms with Crippen molar-refractivity contribution in [2.45, 2.75) is 22.7 Å². The lowest BCUT2D eigenvalue weighted by Gasteiger charge is -2.30. The maximum atomic E-state index is 13.7. The summed E-state index contributed by atoms with van der Waals surface area (Å²) in [6.45, 7) is 1.75. The number of thiazole rings is 1. The summed E-state index contributed by atoms with van der Waals surface area (Å²) in [6, 6.07) is 10.5. The number of ether oxygens (including phenoxy) is 1. The van der Waals surface area contributed by atoms with E-state index in [4.69, 9.17) is 9.15 Å². The zero-order chi connectivity index (χ0) is 25.0. The van der Waals surface area contributed by atoms with Crippen LogP contribution >= 0.6 is 39.0 Å². The van der Waals surface area contributed by atoms with Crippen LogP contribution in [0.5, 0.6) is 0 Å². The van der Waals surface area contributed by atoms with Crippen LogP contribution in [0.25, 0.3) is 0 Å². The number of rotatable bonds is 4. The Morgan fingerprint density at radius 3 is 2.50 bits per heavy atom. The number of hydrogen-bond acceptors (Lipinski definition) is 8. The maximum Gasteiger partial charge on any atom is 0.308 e. The van der Waals surface area contributed by atoms with Crippen LogP contribution in [0.2, 0.25) is 0 Å². The number of carbonyl (C=O) groups excluding carboxylic acids is 3. The molecule has 0 saturated carbocycles. The summed E-state index contributed by atoms with van der Waals surface area (Å²) in [5.41, 5.74) is 0.490. The smallest absolute Gasteiger partial charge is 0.308 e. The van der Waals surface area contributed by atoms with Gasteiger partial charge in [-0.25, -0.2) is 4.90 Å². The normalized spacial score (nSPS) is 23.6. The number of carbonyl (C=O) groups is 3. The molecule has 0 aliphatic carbocycles. The molecule has 6 rings (SSSR count). The molecule has 0 spiro atoms. The van der Waals surface area contributed by atoms with Gasteiger partial charge in [-0.15, -0.1) is 0 Å². The first-order valence-electron chi connectivity index (χ1n) is 11.4. The number of nitrogens with zero attached hydrogens (tertiary/aromatic N) is 3. The number of hydrogen-bond donors (Lipinski definition) is 0. The predicted molar refractivity (Wildman–Crippen MR) is 136 cm³/mol. The summed E-state index contributed by atoms with van der Waals surface area (Å²) >= 11 is 5.58. The van der Waals surface area contributed by atoms with Gasteiger partial charge in [0.25, 0.3) is 0 Å². The first kappa shape index (κ1) is 23.7. The molecule has 0 bridgehead atoms. The van der Waals surface area contributed by atoms with Gasteiger partial charge in [-0.1, -0.05) is 39.0 Å². The molecule has 3 atom stereocenters. The highest BCUT2D eigenvalue weighted by atomic mass is 79.9. The van der Waals surface area contributed by atoms with Gasteiger partial charge in [-0.3, -0.25) is 23.7 Å². The molecular formula is C24H20BrN3O6S2. The Kier molecular flexibility index (Phi) is 6.14. The van der Waals surface area contributed by atoms with Crippen LogP contribution in [0.15, 0.2) is 61.4 Å². The van der Waals surface area contributed by atoms with Gasteiger partial charge >= 0.3 is 4.87 Å². The zero-order valence-electron chi connectivity index (χ0n) is 18.8. The number of furan rings is 1. The van der Waals surface area contributed by atoms with Gasteiger partial charge in [-0.2, -0.15) is 0 Å². The number of fused-ring (bicyclic) bond motifs is 2. The standard InChI is InChI=1S/C24H20BrN3O6S2/c25-13-3-5-14(6-4-13)28-21(30)18-17(15-2-1-9-34-15)20-23(35-19(18)22(28)31)27(24(32)36-20)12-16(29)26-7-10-33-11-8-26/h1-6,9,17-19H,7-8,10-12H2. The van der Waals surface area contributed by atoms with Gasteiger partial charge in [0, 0.05) is 17.6 Å². The summed E-state index contributed by atoms with van der Waals surface area (Å²) < 4.78 is 13.3. The van der Waals surface area contributed by atoms with Gasteiger partial charge in [0.15, 0.2) is 0 Å². The summed E-state index contributed by atoms with van der Waals surface area (Å²) in [7, 11) is 0. The number of halogens is 1. The van der Waals surface area contributed by atoms with Gasteiger partial charge in [-0.05, 0) is 36.4 Å². The molecule has 186 valence electrons. The van der Waals surface area contributed by atoms with E-state index in [1.807, 2.05) is 0 Å². The molecule has 36 heavy (non-hydrogen) atoms. The minimum Gasteiger partial charge on any atom is -0.469 e. The molecule has 0 radical (unpaired) electrons. The van der Waals surface area contributed by atoms with Crippen LogP contribution in [0.4, 0.5) is 5.69 Å². The molecule has 2 aromatic heterocycles. The van der Waals surface area contributed by atoms with E-state index in [1.54, 1.807) is 41.3 Å². The molecule has 3 aliphatic heterocycles. The monoisotopic (exact) mass is 589 g/mol. The fourth-order valence-corrected chi connectivity index (χ4v) is 7.94. The van der Waals surface area contributed by atoms with Gasteiger partial charge < -0.3 is 14.1 Å². The Balaban J connectivity index is 1.41. The van der Waals surface area contributed by atoms with Crippen LogP contribution in [0, 0.1) is 5.92 Å². The summed E-state index contributed by atoms with van der Waals surface area (Å²) in [5.74, 6) is -1.67. The van der Waals surface area contributed by atoms with Crippen molar-refractivity contribution in [1.29, 1.82) is 0 Å². The van der Waals surface area contributed by atoms with Gasteiger partial charge in [0.2, 0.25) is 17.7 Å². The second kappa shape index (κ2) is 9.33. The average Bonchev–Trinajstić information content (AvgIpc) is 3.58. The lowest BCUT2D eigenvalue weighted by atomic mass is 9.87. The Hall–Kier alpha value is -2.67. The molecule has 12 heteroatoms. The van der Waals surface area contributed by atoms with E-state index < -0.39 is 17.1 Å². The van der Waals surface area contributed by atoms with Crippen LogP contribution in [0.1, 0.15) is 16.6 Å². The Morgan fingerprint density at radius 2 is 1.81 bits per heavy atom. The zero-order valence-corrected chi connectivity index (χ0v) is 22.0. The van der Waals surface area contributed by atoms with E-state index >= 15 is 0 Å². The first-order chi connectivity index (χ1) is 17.4. The van der Waals surface area contributed by atoms with E-state index in [9.17, 15) is 19.2 Å². The van der Waals surface area contributed by atoms with Crippen molar-refractivity contribution in [2.75, 3.05) is 31.2 Å². The molecule has 3 aliphatic rings. The van der Waals surface area contributed by atoms with Crippen molar-refractivity contribution in [3.8, 4) is 0 Å². The van der Waals surface area contributed by atoms with E-state index in [-0.39, 0.29) is 29.1 Å². The minimum absolute atomic E-state index is 0.126. The Bertz CT molecular complexity index is 1390. The topological polar surface area (TPSA) is 102 Å². The number of morpholine rings is 1. The van der Waals surface area contributed by atoms with Crippen molar-refractivity contribution < 1.29 is 23.5 Å². The summed E-state index contributed by atoms with van der Waals surface area (Å²) in [5, 5.41) is -0.199. The lowest BCUT2D eigenvalue weighted by molar-refractivity contribution is -0.136. The highest BCUT2D eigenvalue weighted by molar-refractivity contribution is 9.10. The van der Waals surface area contributed by atoms with Crippen LogP contribution < -0.4 is 9.77 Å². The number of imide groups is 1. The average molecular weight is 590 g/mol. The van der Waals surface area contributed by atoms with Crippen LogP contribution in [0.3, 0.4) is 0 Å². The van der Waals surface area contributed by atoms with E-state index in [2.05, 4.69) is 15.9 Å². The van der Waals surface area contributed by atoms with Crippen molar-refractivity contribution in [3.63, 3.8) is 0 Å². The molecule has 0 N–H and O–H groups in total. The van der Waals surface area contributed by atoms with Crippen molar-refractivity contribution in [3.05, 3.63) is 67.4 Å². The molecule has 1 aromatic carbocycles. The summed E-state index contributed by atoms with van der Waals surface area (Å²) in [6.07, 6.45) is 1.52. The van der Waals surface area contributed by atoms with E-state index in [1.165, 1.54) is 27.5 Å². The van der Waals surface area contributed by atoms with E-state index in [0.29, 0.717) is 47.7 Å². The number of anilines is 1. The van der Waals surface area contributed by atoms with Gasteiger partial charge in [0.05, 0.1) is 46.9 Å². The molecule has 2 saturated heterocycles. The maximum absolute atomic E-state index is 13.7. The molecule has 3 unspecified atom stereocenters. The predicted octanol–water partition coefficient (Wildman–Crippen LogP) is 2.92. The number of thioether (sulfide) groups is 1. The second-order valence-corrected chi connectivity index (χ2v) is 11.7. The van der Waals surface area contributed by atoms with Crippen LogP contribution in [-0.2, 0) is 25.7 Å². The third-order valence-electron chi connectivity index (χ3n) is 6.64. The van der Waals surface area contributed by atoms with Crippen molar-refractivity contribution in [1.82, 2.24) is 9.47 Å². The number of benzene rings is 1. The molecule has 3 amide bonds. The number of aromatic nitrogens is 1. The molecule has 9 nitrogen and oxygen atoms in total. The Labute approximate surface area is 222 Å². The molecule has 3 aromatic rings. The third kappa shape index (κ3) is 3.87. The van der Waals surface area contributed by atoms with Crippen molar-refractivity contribution in [2.24, 2.45) is 5.92 Å². The SMILES string of the molecule is O=C(Cn1c2c(sc1=O)C(c1ccco1)C1C(=O)N(c3ccc(Br)cc3)C(=O)C1S2)N1CCOCC1. The van der Waals surface area contributed by atoms with Gasteiger partial charge in [0.1, 0.15) is 17.6 Å². The fourth-order valence-electron chi connectivity index (χ4n) is 4.92. The molecule has 5 heterocycles. The molecule has 2 fully saturated rings. The van der Waals surface area contributed by atoms with Crippen LogP contribution in [-0.4, -0.2) is 58.7 Å². The highest BCUT2D eigenvalue weighted by Crippen LogP contribution is 2.53. The quantitative estimate of drug-likeness (QED) is 0.431. The number of amides is 3. The Morgan fingerprint density at radius 1 is 1.06 bits per heavy atom.